The minimum absolute atomic E-state index is 0.00456. The Labute approximate surface area is 132 Å². The zero-order valence-electron chi connectivity index (χ0n) is 12.4. The molecule has 1 saturated heterocycles. The van der Waals surface area contributed by atoms with Gasteiger partial charge in [0.2, 0.25) is 17.9 Å². The second-order valence-corrected chi connectivity index (χ2v) is 5.97. The summed E-state index contributed by atoms with van der Waals surface area (Å²) >= 11 is 0. The van der Waals surface area contributed by atoms with Gasteiger partial charge in [-0.2, -0.15) is 0 Å². The van der Waals surface area contributed by atoms with Crippen molar-refractivity contribution in [3.8, 4) is 11.5 Å². The number of amides is 3. The van der Waals surface area contributed by atoms with Gasteiger partial charge in [0, 0.05) is 6.04 Å². The molecule has 1 N–H and O–H groups in total. The van der Waals surface area contributed by atoms with Gasteiger partial charge in [0.1, 0.15) is 12.6 Å². The van der Waals surface area contributed by atoms with Gasteiger partial charge in [-0.15, -0.1) is 0 Å². The first-order valence-corrected chi connectivity index (χ1v) is 7.68. The number of rotatable bonds is 3. The first-order chi connectivity index (χ1) is 11.1. The minimum Gasteiger partial charge on any atom is -0.485 e. The van der Waals surface area contributed by atoms with Crippen LogP contribution in [0.3, 0.4) is 0 Å². The number of para-hydroxylation sites is 2. The normalized spacial score (nSPS) is 25.9. The average Bonchev–Trinajstić information content (AvgIpc) is 3.32. The van der Waals surface area contributed by atoms with Gasteiger partial charge in [-0.1, -0.05) is 12.1 Å². The number of hydrogen-bond acceptors (Lipinski definition) is 5. The predicted molar refractivity (Wildman–Crippen MR) is 77.8 cm³/mol. The number of carbonyl (C=O) groups excluding carboxylic acids is 3. The van der Waals surface area contributed by atoms with E-state index in [4.69, 9.17) is 9.47 Å². The lowest BCUT2D eigenvalue weighted by molar-refractivity contribution is -0.147. The molecule has 2 heterocycles. The Balaban J connectivity index is 1.55. The number of ether oxygens (including phenoxy) is 2. The van der Waals surface area contributed by atoms with Gasteiger partial charge in [0.25, 0.3) is 5.91 Å². The molecule has 23 heavy (non-hydrogen) atoms. The maximum atomic E-state index is 12.9. The first kappa shape index (κ1) is 14.0. The summed E-state index contributed by atoms with van der Waals surface area (Å²) in [5, 5.41) is 2.26. The Morgan fingerprint density at radius 3 is 2.57 bits per heavy atom. The monoisotopic (exact) mass is 316 g/mol. The largest absolute Gasteiger partial charge is 0.485 e. The van der Waals surface area contributed by atoms with Crippen LogP contribution in [0.15, 0.2) is 24.3 Å². The Morgan fingerprint density at radius 1 is 1.17 bits per heavy atom. The number of carbonyl (C=O) groups is 3. The van der Waals surface area contributed by atoms with Gasteiger partial charge < -0.3 is 14.4 Å². The van der Waals surface area contributed by atoms with Crippen LogP contribution in [0.25, 0.3) is 0 Å². The molecule has 7 heteroatoms. The highest BCUT2D eigenvalue weighted by Gasteiger charge is 2.47. The molecule has 2 atom stereocenters. The summed E-state index contributed by atoms with van der Waals surface area (Å²) in [4.78, 5) is 37.8. The molecule has 1 aromatic carbocycles. The Morgan fingerprint density at radius 2 is 1.91 bits per heavy atom. The van der Waals surface area contributed by atoms with Crippen LogP contribution >= 0.6 is 0 Å². The Bertz CT molecular complexity index is 685. The standard InChI is InChI=1S/C16H16N2O5/c19-14-7-10(15(20)17-14)18(9-5-6-9)16(21)13-8-22-11-3-1-2-4-12(11)23-13/h1-4,9-10,13H,5-8H2,(H,17,19,20)/t10-,13+/m1/s1. The second kappa shape index (κ2) is 5.26. The van der Waals surface area contributed by atoms with Crippen molar-refractivity contribution in [2.45, 2.75) is 37.5 Å². The van der Waals surface area contributed by atoms with Gasteiger partial charge in [-0.25, -0.2) is 0 Å². The second-order valence-electron chi connectivity index (χ2n) is 5.97. The van der Waals surface area contributed by atoms with E-state index in [0.717, 1.165) is 12.8 Å². The van der Waals surface area contributed by atoms with Crippen molar-refractivity contribution >= 4 is 17.7 Å². The maximum Gasteiger partial charge on any atom is 0.268 e. The van der Waals surface area contributed by atoms with Gasteiger partial charge in [0.15, 0.2) is 11.5 Å². The molecule has 0 radical (unpaired) electrons. The molecule has 0 bridgehead atoms. The first-order valence-electron chi connectivity index (χ1n) is 7.68. The number of hydrogen-bond donors (Lipinski definition) is 1. The molecular formula is C16H16N2O5. The van der Waals surface area contributed by atoms with E-state index in [1.165, 1.54) is 4.90 Å². The van der Waals surface area contributed by atoms with Crippen LogP contribution in [-0.4, -0.2) is 47.4 Å². The average molecular weight is 316 g/mol. The van der Waals surface area contributed by atoms with E-state index in [-0.39, 0.29) is 30.9 Å². The summed E-state index contributed by atoms with van der Waals surface area (Å²) in [7, 11) is 0. The SMILES string of the molecule is O=C1C[C@@H](N(C(=O)[C@@H]2COc3ccccc3O2)C2CC2)C(=O)N1. The van der Waals surface area contributed by atoms with Crippen molar-refractivity contribution in [1.29, 1.82) is 0 Å². The zero-order valence-corrected chi connectivity index (χ0v) is 12.4. The van der Waals surface area contributed by atoms with Gasteiger partial charge in [-0.3, -0.25) is 19.7 Å². The van der Waals surface area contributed by atoms with E-state index >= 15 is 0 Å². The zero-order chi connectivity index (χ0) is 16.0. The van der Waals surface area contributed by atoms with Crippen molar-refractivity contribution < 1.29 is 23.9 Å². The molecule has 1 aromatic rings. The molecule has 7 nitrogen and oxygen atoms in total. The predicted octanol–water partition coefficient (Wildman–Crippen LogP) is 0.232. The third kappa shape index (κ3) is 2.52. The van der Waals surface area contributed by atoms with Gasteiger partial charge in [0.05, 0.1) is 6.42 Å². The van der Waals surface area contributed by atoms with Crippen molar-refractivity contribution in [2.24, 2.45) is 0 Å². The smallest absolute Gasteiger partial charge is 0.268 e. The molecule has 0 aromatic heterocycles. The Hall–Kier alpha value is -2.57. The molecule has 2 fully saturated rings. The summed E-state index contributed by atoms with van der Waals surface area (Å²) in [5.41, 5.74) is 0. The summed E-state index contributed by atoms with van der Waals surface area (Å²) in [6.45, 7) is 0.0986. The van der Waals surface area contributed by atoms with Gasteiger partial charge in [-0.05, 0) is 25.0 Å². The lowest BCUT2D eigenvalue weighted by atomic mass is 10.1. The molecular weight excluding hydrogens is 300 g/mol. The molecule has 1 saturated carbocycles. The van der Waals surface area contributed by atoms with Crippen LogP contribution in [0.2, 0.25) is 0 Å². The highest BCUT2D eigenvalue weighted by Crippen LogP contribution is 2.35. The molecule has 3 amide bonds. The number of benzene rings is 1. The molecule has 120 valence electrons. The minimum atomic E-state index is -0.797. The van der Waals surface area contributed by atoms with Gasteiger partial charge >= 0.3 is 0 Å². The fraction of sp³-hybridized carbons (Fsp3) is 0.438. The lowest BCUT2D eigenvalue weighted by Crippen LogP contribution is -2.53. The number of fused-ring (bicyclic) bond motifs is 1. The highest BCUT2D eigenvalue weighted by atomic mass is 16.6. The highest BCUT2D eigenvalue weighted by molar-refractivity contribution is 6.07. The molecule has 0 unspecified atom stereocenters. The van der Waals surface area contributed by atoms with Crippen LogP contribution in [0, 0.1) is 0 Å². The lowest BCUT2D eigenvalue weighted by Gasteiger charge is -2.33. The summed E-state index contributed by atoms with van der Waals surface area (Å²) in [6, 6.07) is 6.42. The van der Waals surface area contributed by atoms with E-state index in [1.807, 2.05) is 6.07 Å². The topological polar surface area (TPSA) is 84.9 Å². The number of imide groups is 1. The summed E-state index contributed by atoms with van der Waals surface area (Å²) in [5.74, 6) is 0.0666. The Kier molecular flexibility index (Phi) is 3.21. The fourth-order valence-electron chi connectivity index (χ4n) is 3.01. The molecule has 0 spiro atoms. The van der Waals surface area contributed by atoms with E-state index in [9.17, 15) is 14.4 Å². The number of nitrogens with zero attached hydrogens (tertiary/aromatic N) is 1. The maximum absolute atomic E-state index is 12.9. The summed E-state index contributed by atoms with van der Waals surface area (Å²) in [6.07, 6.45) is 0.904. The quantitative estimate of drug-likeness (QED) is 0.807. The molecule has 2 aliphatic heterocycles. The van der Waals surface area contributed by atoms with Crippen molar-refractivity contribution in [2.75, 3.05) is 6.61 Å². The van der Waals surface area contributed by atoms with Crippen LogP contribution in [0.5, 0.6) is 11.5 Å². The third-order valence-corrected chi connectivity index (χ3v) is 4.26. The van der Waals surface area contributed by atoms with Crippen LogP contribution in [-0.2, 0) is 14.4 Å². The fourth-order valence-corrected chi connectivity index (χ4v) is 3.01. The van der Waals surface area contributed by atoms with Crippen molar-refractivity contribution in [3.63, 3.8) is 0 Å². The molecule has 4 rings (SSSR count). The van der Waals surface area contributed by atoms with Crippen LogP contribution < -0.4 is 14.8 Å². The molecule has 3 aliphatic rings. The van der Waals surface area contributed by atoms with Crippen LogP contribution in [0.1, 0.15) is 19.3 Å². The van der Waals surface area contributed by atoms with E-state index in [2.05, 4.69) is 5.32 Å². The van der Waals surface area contributed by atoms with E-state index in [0.29, 0.717) is 11.5 Å². The van der Waals surface area contributed by atoms with Crippen LogP contribution in [0.4, 0.5) is 0 Å². The van der Waals surface area contributed by atoms with E-state index in [1.54, 1.807) is 18.2 Å². The van der Waals surface area contributed by atoms with E-state index < -0.39 is 18.1 Å². The summed E-state index contributed by atoms with van der Waals surface area (Å²) < 4.78 is 11.3. The molecule has 1 aliphatic carbocycles. The van der Waals surface area contributed by atoms with Crippen molar-refractivity contribution in [1.82, 2.24) is 10.2 Å². The third-order valence-electron chi connectivity index (χ3n) is 4.26. The van der Waals surface area contributed by atoms with Crippen molar-refractivity contribution in [3.05, 3.63) is 24.3 Å². The number of nitrogens with one attached hydrogen (secondary N) is 1.